The van der Waals surface area contributed by atoms with Gasteiger partial charge in [0.15, 0.2) is 11.6 Å². The van der Waals surface area contributed by atoms with Gasteiger partial charge in [-0.05, 0) is 18.6 Å². The highest BCUT2D eigenvalue weighted by Crippen LogP contribution is 2.19. The lowest BCUT2D eigenvalue weighted by molar-refractivity contribution is 0.432. The standard InChI is InChI=1S/C9H13FN2O3S/c1-2-5-11-16(14,15)12-7-3-4-9(13)8(10)6-7/h3-4,6,11-13H,2,5H2,1H3. The van der Waals surface area contributed by atoms with Gasteiger partial charge in [-0.25, -0.2) is 4.39 Å². The number of nitrogens with one attached hydrogen (secondary N) is 2. The maximum absolute atomic E-state index is 12.9. The number of hydrogen-bond acceptors (Lipinski definition) is 3. The fraction of sp³-hybridized carbons (Fsp3) is 0.333. The lowest BCUT2D eigenvalue weighted by atomic mass is 10.3. The summed E-state index contributed by atoms with van der Waals surface area (Å²) in [5, 5.41) is 8.92. The first-order chi connectivity index (χ1) is 7.44. The first-order valence-corrected chi connectivity index (χ1v) is 6.19. The van der Waals surface area contributed by atoms with Crippen molar-refractivity contribution in [3.63, 3.8) is 0 Å². The van der Waals surface area contributed by atoms with Gasteiger partial charge in [-0.1, -0.05) is 6.92 Å². The molecule has 1 aromatic carbocycles. The van der Waals surface area contributed by atoms with Crippen molar-refractivity contribution in [2.45, 2.75) is 13.3 Å². The molecule has 0 fully saturated rings. The van der Waals surface area contributed by atoms with Crippen LogP contribution >= 0.6 is 0 Å². The summed E-state index contributed by atoms with van der Waals surface area (Å²) in [7, 11) is -3.67. The summed E-state index contributed by atoms with van der Waals surface area (Å²) in [6, 6.07) is 3.25. The quantitative estimate of drug-likeness (QED) is 0.685. The summed E-state index contributed by atoms with van der Waals surface area (Å²) < 4.78 is 40.0. The molecule has 0 saturated heterocycles. The number of halogens is 1. The molecule has 0 aliphatic heterocycles. The molecule has 0 spiro atoms. The van der Waals surface area contributed by atoms with Gasteiger partial charge in [0.05, 0.1) is 5.69 Å². The summed E-state index contributed by atoms with van der Waals surface area (Å²) >= 11 is 0. The summed E-state index contributed by atoms with van der Waals surface area (Å²) in [4.78, 5) is 0. The van der Waals surface area contributed by atoms with Crippen LogP contribution in [0.25, 0.3) is 0 Å². The Morgan fingerprint density at radius 1 is 1.44 bits per heavy atom. The van der Waals surface area contributed by atoms with Crippen LogP contribution in [0, 0.1) is 5.82 Å². The molecule has 0 atom stereocenters. The fourth-order valence-electron chi connectivity index (χ4n) is 0.998. The van der Waals surface area contributed by atoms with E-state index in [-0.39, 0.29) is 5.69 Å². The van der Waals surface area contributed by atoms with E-state index in [1.807, 2.05) is 6.92 Å². The van der Waals surface area contributed by atoms with Crippen molar-refractivity contribution in [1.29, 1.82) is 0 Å². The monoisotopic (exact) mass is 248 g/mol. The highest BCUT2D eigenvalue weighted by atomic mass is 32.2. The first kappa shape index (κ1) is 12.7. The molecule has 3 N–H and O–H groups in total. The molecule has 1 rings (SSSR count). The second-order valence-electron chi connectivity index (χ2n) is 3.17. The van der Waals surface area contributed by atoms with E-state index in [4.69, 9.17) is 5.11 Å². The molecule has 5 nitrogen and oxygen atoms in total. The molecule has 0 bridgehead atoms. The zero-order valence-corrected chi connectivity index (χ0v) is 9.51. The van der Waals surface area contributed by atoms with Gasteiger partial charge in [0.25, 0.3) is 10.2 Å². The van der Waals surface area contributed by atoms with Gasteiger partial charge in [0.2, 0.25) is 0 Å². The Balaban J connectivity index is 2.76. The van der Waals surface area contributed by atoms with Crippen molar-refractivity contribution in [2.75, 3.05) is 11.3 Å². The number of anilines is 1. The van der Waals surface area contributed by atoms with Crippen LogP contribution in [0.4, 0.5) is 10.1 Å². The predicted molar refractivity (Wildman–Crippen MR) is 58.9 cm³/mol. The van der Waals surface area contributed by atoms with Gasteiger partial charge in [-0.2, -0.15) is 13.1 Å². The molecular weight excluding hydrogens is 235 g/mol. The minimum atomic E-state index is -3.67. The van der Waals surface area contributed by atoms with Crippen molar-refractivity contribution in [2.24, 2.45) is 0 Å². The van der Waals surface area contributed by atoms with E-state index in [1.165, 1.54) is 6.07 Å². The van der Waals surface area contributed by atoms with Crippen molar-refractivity contribution >= 4 is 15.9 Å². The lowest BCUT2D eigenvalue weighted by Gasteiger charge is -2.08. The summed E-state index contributed by atoms with van der Waals surface area (Å²) in [6.07, 6.45) is 0.658. The third-order valence-corrected chi connectivity index (χ3v) is 2.83. The fourth-order valence-corrected chi connectivity index (χ4v) is 1.98. The van der Waals surface area contributed by atoms with Crippen molar-refractivity contribution in [3.8, 4) is 5.75 Å². The number of phenolic OH excluding ortho intramolecular Hbond substituents is 1. The maximum atomic E-state index is 12.9. The molecular formula is C9H13FN2O3S. The van der Waals surface area contributed by atoms with Crippen LogP contribution in [-0.4, -0.2) is 20.1 Å². The Morgan fingerprint density at radius 2 is 2.12 bits per heavy atom. The molecule has 16 heavy (non-hydrogen) atoms. The van der Waals surface area contributed by atoms with Gasteiger partial charge < -0.3 is 5.11 Å². The Bertz CT molecular complexity index is 462. The molecule has 0 saturated carbocycles. The number of phenols is 1. The van der Waals surface area contributed by atoms with E-state index < -0.39 is 21.8 Å². The smallest absolute Gasteiger partial charge is 0.299 e. The minimum Gasteiger partial charge on any atom is -0.505 e. The van der Waals surface area contributed by atoms with E-state index >= 15 is 0 Å². The highest BCUT2D eigenvalue weighted by molar-refractivity contribution is 7.90. The third kappa shape index (κ3) is 3.67. The Kier molecular flexibility index (Phi) is 4.08. The van der Waals surface area contributed by atoms with Crippen LogP contribution in [0.2, 0.25) is 0 Å². The Hall–Kier alpha value is -1.34. The number of aromatic hydroxyl groups is 1. The number of rotatable bonds is 5. The zero-order chi connectivity index (χ0) is 12.2. The van der Waals surface area contributed by atoms with Crippen LogP contribution < -0.4 is 9.44 Å². The maximum Gasteiger partial charge on any atom is 0.299 e. The summed E-state index contributed by atoms with van der Waals surface area (Å²) in [5.74, 6) is -1.40. The van der Waals surface area contributed by atoms with Crippen molar-refractivity contribution in [3.05, 3.63) is 24.0 Å². The molecule has 1 aromatic rings. The lowest BCUT2D eigenvalue weighted by Crippen LogP contribution is -2.30. The molecule has 0 aliphatic carbocycles. The molecule has 7 heteroatoms. The van der Waals surface area contributed by atoms with Gasteiger partial charge in [0.1, 0.15) is 0 Å². The van der Waals surface area contributed by atoms with E-state index in [0.717, 1.165) is 12.1 Å². The predicted octanol–water partition coefficient (Wildman–Crippen LogP) is 1.19. The van der Waals surface area contributed by atoms with E-state index in [1.54, 1.807) is 0 Å². The topological polar surface area (TPSA) is 78.4 Å². The molecule has 0 unspecified atom stereocenters. The normalized spacial score (nSPS) is 11.4. The second-order valence-corrected chi connectivity index (χ2v) is 4.67. The zero-order valence-electron chi connectivity index (χ0n) is 8.70. The Morgan fingerprint density at radius 3 is 2.69 bits per heavy atom. The molecule has 0 amide bonds. The number of benzene rings is 1. The highest BCUT2D eigenvalue weighted by Gasteiger charge is 2.09. The van der Waals surface area contributed by atoms with Crippen LogP contribution in [0.3, 0.4) is 0 Å². The van der Waals surface area contributed by atoms with Gasteiger partial charge in [0, 0.05) is 12.6 Å². The largest absolute Gasteiger partial charge is 0.505 e. The first-order valence-electron chi connectivity index (χ1n) is 4.70. The van der Waals surface area contributed by atoms with Crippen LogP contribution in [0.1, 0.15) is 13.3 Å². The Labute approximate surface area is 93.5 Å². The van der Waals surface area contributed by atoms with Crippen LogP contribution in [-0.2, 0) is 10.2 Å². The SMILES string of the molecule is CCCNS(=O)(=O)Nc1ccc(O)c(F)c1. The van der Waals surface area contributed by atoms with E-state index in [9.17, 15) is 12.8 Å². The summed E-state index contributed by atoms with van der Waals surface area (Å²) in [6.45, 7) is 2.12. The average Bonchev–Trinajstić information content (AvgIpc) is 2.20. The van der Waals surface area contributed by atoms with E-state index in [0.29, 0.717) is 13.0 Å². The van der Waals surface area contributed by atoms with Crippen LogP contribution in [0.5, 0.6) is 5.75 Å². The van der Waals surface area contributed by atoms with Crippen molar-refractivity contribution < 1.29 is 17.9 Å². The minimum absolute atomic E-state index is 0.0545. The summed E-state index contributed by atoms with van der Waals surface area (Å²) in [5.41, 5.74) is 0.0545. The van der Waals surface area contributed by atoms with Gasteiger partial charge >= 0.3 is 0 Å². The third-order valence-electron chi connectivity index (χ3n) is 1.74. The van der Waals surface area contributed by atoms with E-state index in [2.05, 4.69) is 9.44 Å². The molecule has 90 valence electrons. The molecule has 0 aromatic heterocycles. The van der Waals surface area contributed by atoms with Crippen LogP contribution in [0.15, 0.2) is 18.2 Å². The van der Waals surface area contributed by atoms with Gasteiger partial charge in [-0.3, -0.25) is 4.72 Å². The molecule has 0 aliphatic rings. The average molecular weight is 248 g/mol. The molecule has 0 heterocycles. The number of hydrogen-bond donors (Lipinski definition) is 3. The molecule has 0 radical (unpaired) electrons. The van der Waals surface area contributed by atoms with Gasteiger partial charge in [-0.15, -0.1) is 0 Å². The van der Waals surface area contributed by atoms with Crippen molar-refractivity contribution in [1.82, 2.24) is 4.72 Å². The second kappa shape index (κ2) is 5.13.